The molecule has 0 unspecified atom stereocenters. The molecule has 39 heavy (non-hydrogen) atoms. The molecule has 2 amide bonds. The lowest BCUT2D eigenvalue weighted by atomic mass is 10.1. The number of benzene rings is 2. The van der Waals surface area contributed by atoms with Gasteiger partial charge in [-0.3, -0.25) is 4.79 Å². The number of hydrogen-bond acceptors (Lipinski definition) is 6. The van der Waals surface area contributed by atoms with E-state index in [1.807, 2.05) is 4.90 Å². The predicted octanol–water partition coefficient (Wildman–Crippen LogP) is 4.57. The SMILES string of the molecule is N#Cc1ccc(NC(=O)c2cccc3[nH]c(-c4ccc(N5CCN(C(=O)O)CC5)nc4)nc23)cc1C(F)(F)F. The summed E-state index contributed by atoms with van der Waals surface area (Å²) in [4.78, 5) is 39.6. The van der Waals surface area contributed by atoms with Gasteiger partial charge in [0.15, 0.2) is 0 Å². The number of alkyl halides is 3. The molecule has 3 heterocycles. The van der Waals surface area contributed by atoms with Crippen LogP contribution in [0.1, 0.15) is 21.5 Å². The summed E-state index contributed by atoms with van der Waals surface area (Å²) in [5.41, 5.74) is -0.125. The summed E-state index contributed by atoms with van der Waals surface area (Å²) in [6.07, 6.45) is -4.08. The molecule has 0 aliphatic carbocycles. The minimum atomic E-state index is -4.75. The fourth-order valence-corrected chi connectivity index (χ4v) is 4.34. The number of anilines is 2. The molecule has 10 nitrogen and oxygen atoms in total. The summed E-state index contributed by atoms with van der Waals surface area (Å²) in [6.45, 7) is 1.80. The summed E-state index contributed by atoms with van der Waals surface area (Å²) in [5.74, 6) is 0.476. The van der Waals surface area contributed by atoms with Crippen molar-refractivity contribution in [2.45, 2.75) is 6.18 Å². The smallest absolute Gasteiger partial charge is 0.417 e. The van der Waals surface area contributed by atoms with E-state index in [4.69, 9.17) is 10.4 Å². The zero-order valence-corrected chi connectivity index (χ0v) is 20.2. The van der Waals surface area contributed by atoms with Crippen LogP contribution in [0.25, 0.3) is 22.4 Å². The number of nitrogens with zero attached hydrogens (tertiary/aromatic N) is 5. The molecule has 1 aliphatic rings. The Morgan fingerprint density at radius 3 is 2.49 bits per heavy atom. The molecule has 2 aromatic heterocycles. The molecule has 4 aromatic rings. The quantitative estimate of drug-likeness (QED) is 0.348. The highest BCUT2D eigenvalue weighted by molar-refractivity contribution is 6.11. The van der Waals surface area contributed by atoms with Crippen molar-refractivity contribution in [2.75, 3.05) is 36.4 Å². The van der Waals surface area contributed by atoms with Crippen molar-refractivity contribution in [3.05, 3.63) is 71.4 Å². The third-order valence-electron chi connectivity index (χ3n) is 6.36. The fourth-order valence-electron chi connectivity index (χ4n) is 4.34. The van der Waals surface area contributed by atoms with Crippen molar-refractivity contribution in [1.29, 1.82) is 5.26 Å². The maximum Gasteiger partial charge on any atom is 0.417 e. The number of hydrogen-bond donors (Lipinski definition) is 3. The van der Waals surface area contributed by atoms with Crippen molar-refractivity contribution in [3.8, 4) is 17.5 Å². The number of para-hydroxylation sites is 1. The van der Waals surface area contributed by atoms with E-state index >= 15 is 0 Å². The molecule has 1 fully saturated rings. The molecular weight excluding hydrogens is 515 g/mol. The van der Waals surface area contributed by atoms with E-state index in [0.717, 1.165) is 12.1 Å². The monoisotopic (exact) mass is 535 g/mol. The van der Waals surface area contributed by atoms with Crippen molar-refractivity contribution in [2.24, 2.45) is 0 Å². The van der Waals surface area contributed by atoms with Crippen LogP contribution in [0, 0.1) is 11.3 Å². The van der Waals surface area contributed by atoms with Gasteiger partial charge < -0.3 is 25.2 Å². The molecule has 198 valence electrons. The van der Waals surface area contributed by atoms with Crippen LogP contribution in [-0.2, 0) is 6.18 Å². The first-order valence-corrected chi connectivity index (χ1v) is 11.7. The highest BCUT2D eigenvalue weighted by Crippen LogP contribution is 2.34. The number of nitrogens with one attached hydrogen (secondary N) is 2. The summed E-state index contributed by atoms with van der Waals surface area (Å²) in [7, 11) is 0. The van der Waals surface area contributed by atoms with Gasteiger partial charge in [0, 0.05) is 43.6 Å². The molecule has 5 rings (SSSR count). The van der Waals surface area contributed by atoms with Crippen LogP contribution in [0.5, 0.6) is 0 Å². The van der Waals surface area contributed by atoms with Gasteiger partial charge in [-0.05, 0) is 42.5 Å². The topological polar surface area (TPSA) is 138 Å². The number of aromatic nitrogens is 3. The van der Waals surface area contributed by atoms with E-state index < -0.39 is 29.3 Å². The average Bonchev–Trinajstić information content (AvgIpc) is 3.37. The number of H-pyrrole nitrogens is 1. The second-order valence-corrected chi connectivity index (χ2v) is 8.77. The number of amides is 2. The number of fused-ring (bicyclic) bond motifs is 1. The minimum absolute atomic E-state index is 0.108. The largest absolute Gasteiger partial charge is 0.465 e. The Balaban J connectivity index is 1.36. The van der Waals surface area contributed by atoms with Gasteiger partial charge in [-0.25, -0.2) is 14.8 Å². The highest BCUT2D eigenvalue weighted by Gasteiger charge is 2.34. The van der Waals surface area contributed by atoms with E-state index in [1.54, 1.807) is 30.5 Å². The van der Waals surface area contributed by atoms with Gasteiger partial charge in [-0.2, -0.15) is 18.4 Å². The third-order valence-corrected chi connectivity index (χ3v) is 6.36. The molecule has 0 bridgehead atoms. The van der Waals surface area contributed by atoms with Gasteiger partial charge in [-0.15, -0.1) is 0 Å². The van der Waals surface area contributed by atoms with Crippen molar-refractivity contribution >= 4 is 34.5 Å². The second kappa shape index (κ2) is 9.97. The van der Waals surface area contributed by atoms with E-state index in [-0.39, 0.29) is 11.3 Å². The van der Waals surface area contributed by atoms with Gasteiger partial charge in [0.05, 0.1) is 28.3 Å². The van der Waals surface area contributed by atoms with Crippen LogP contribution in [-0.4, -0.2) is 63.1 Å². The van der Waals surface area contributed by atoms with Gasteiger partial charge >= 0.3 is 12.3 Å². The Kier molecular flexibility index (Phi) is 6.53. The third kappa shape index (κ3) is 5.17. The zero-order chi connectivity index (χ0) is 27.7. The molecule has 0 atom stereocenters. The molecule has 3 N–H and O–H groups in total. The van der Waals surface area contributed by atoms with Crippen molar-refractivity contribution in [1.82, 2.24) is 19.9 Å². The Morgan fingerprint density at radius 2 is 1.85 bits per heavy atom. The van der Waals surface area contributed by atoms with E-state index in [1.165, 1.54) is 23.1 Å². The number of carboxylic acid groups (broad SMARTS) is 1. The Morgan fingerprint density at radius 1 is 1.08 bits per heavy atom. The first kappa shape index (κ1) is 25.5. The molecule has 1 saturated heterocycles. The number of imidazole rings is 1. The van der Waals surface area contributed by atoms with Crippen LogP contribution < -0.4 is 10.2 Å². The van der Waals surface area contributed by atoms with Gasteiger partial charge in [0.2, 0.25) is 0 Å². The van der Waals surface area contributed by atoms with E-state index in [9.17, 15) is 22.8 Å². The number of aromatic amines is 1. The van der Waals surface area contributed by atoms with Gasteiger partial charge in [0.25, 0.3) is 5.91 Å². The Labute approximate surface area is 219 Å². The number of piperazine rings is 1. The number of nitriles is 1. The first-order chi connectivity index (χ1) is 18.6. The Bertz CT molecular complexity index is 1600. The normalized spacial score (nSPS) is 13.8. The number of pyridine rings is 1. The van der Waals surface area contributed by atoms with Crippen molar-refractivity contribution < 1.29 is 27.9 Å². The summed E-state index contributed by atoms with van der Waals surface area (Å²) in [5, 5.41) is 20.5. The standard InChI is InChI=1S/C26H20F3N7O3/c27-26(28,29)19-12-17(6-4-15(19)13-30)32-24(37)18-2-1-3-20-22(18)34-23(33-20)16-5-7-21(31-14-16)35-8-10-36(11-9-35)25(38)39/h1-7,12,14H,8-11H2,(H,32,37)(H,33,34)(H,38,39). The summed E-state index contributed by atoms with van der Waals surface area (Å²) < 4.78 is 39.9. The van der Waals surface area contributed by atoms with Crippen LogP contribution in [0.2, 0.25) is 0 Å². The molecular formula is C26H20F3N7O3. The summed E-state index contributed by atoms with van der Waals surface area (Å²) in [6, 6.07) is 12.9. The molecule has 13 heteroatoms. The average molecular weight is 535 g/mol. The van der Waals surface area contributed by atoms with Gasteiger partial charge in [0.1, 0.15) is 17.2 Å². The van der Waals surface area contributed by atoms with Crippen LogP contribution in [0.3, 0.4) is 0 Å². The number of carbonyl (C=O) groups is 2. The minimum Gasteiger partial charge on any atom is -0.465 e. The number of rotatable bonds is 4. The van der Waals surface area contributed by atoms with Crippen LogP contribution in [0.15, 0.2) is 54.7 Å². The number of carbonyl (C=O) groups excluding carboxylic acids is 1. The van der Waals surface area contributed by atoms with E-state index in [0.29, 0.717) is 54.4 Å². The lowest BCUT2D eigenvalue weighted by Crippen LogP contribution is -2.48. The summed E-state index contributed by atoms with van der Waals surface area (Å²) >= 11 is 0. The second-order valence-electron chi connectivity index (χ2n) is 8.77. The molecule has 0 radical (unpaired) electrons. The van der Waals surface area contributed by atoms with Crippen LogP contribution >= 0.6 is 0 Å². The predicted molar refractivity (Wildman–Crippen MR) is 135 cm³/mol. The Hall–Kier alpha value is -5.12. The first-order valence-electron chi connectivity index (χ1n) is 11.7. The van der Waals surface area contributed by atoms with Gasteiger partial charge in [-0.1, -0.05) is 6.07 Å². The lowest BCUT2D eigenvalue weighted by molar-refractivity contribution is -0.137. The lowest BCUT2D eigenvalue weighted by Gasteiger charge is -2.33. The van der Waals surface area contributed by atoms with E-state index in [2.05, 4.69) is 20.3 Å². The number of halogens is 3. The maximum absolute atomic E-state index is 13.3. The molecule has 0 saturated carbocycles. The fraction of sp³-hybridized carbons (Fsp3) is 0.192. The molecule has 2 aromatic carbocycles. The molecule has 0 spiro atoms. The maximum atomic E-state index is 13.3. The van der Waals surface area contributed by atoms with Crippen molar-refractivity contribution in [3.63, 3.8) is 0 Å². The molecule has 1 aliphatic heterocycles. The highest BCUT2D eigenvalue weighted by atomic mass is 19.4. The zero-order valence-electron chi connectivity index (χ0n) is 20.2. The van der Waals surface area contributed by atoms with Crippen LogP contribution in [0.4, 0.5) is 29.5 Å².